The highest BCUT2D eigenvalue weighted by molar-refractivity contribution is 7.15. The first-order valence-electron chi connectivity index (χ1n) is 8.09. The van der Waals surface area contributed by atoms with Gasteiger partial charge in [0.15, 0.2) is 5.13 Å². The Morgan fingerprint density at radius 2 is 2.04 bits per heavy atom. The number of nitrogens with one attached hydrogen (secondary N) is 1. The number of rotatable bonds is 6. The number of hydrogen-bond donors (Lipinski definition) is 1. The van der Waals surface area contributed by atoms with Gasteiger partial charge in [-0.25, -0.2) is 4.98 Å². The van der Waals surface area contributed by atoms with Gasteiger partial charge in [-0.05, 0) is 25.0 Å². The number of thiazole rings is 1. The minimum Gasteiger partial charge on any atom is -0.308 e. The van der Waals surface area contributed by atoms with Crippen LogP contribution in [-0.4, -0.2) is 25.2 Å². The molecule has 3 rings (SSSR count). The van der Waals surface area contributed by atoms with Gasteiger partial charge in [-0.15, -0.1) is 11.3 Å². The number of anilines is 1. The normalized spacial score (nSPS) is 11.0. The van der Waals surface area contributed by atoms with Gasteiger partial charge >= 0.3 is 0 Å². The second kappa shape index (κ2) is 7.00. The highest BCUT2D eigenvalue weighted by Crippen LogP contribution is 2.25. The molecule has 0 aromatic carbocycles. The van der Waals surface area contributed by atoms with E-state index >= 15 is 0 Å². The Kier molecular flexibility index (Phi) is 4.80. The summed E-state index contributed by atoms with van der Waals surface area (Å²) < 4.78 is 3.57. The van der Waals surface area contributed by atoms with Crippen molar-refractivity contribution in [2.24, 2.45) is 7.05 Å². The van der Waals surface area contributed by atoms with E-state index in [0.29, 0.717) is 10.7 Å². The molecule has 3 heterocycles. The van der Waals surface area contributed by atoms with Crippen LogP contribution in [-0.2, 0) is 19.9 Å². The van der Waals surface area contributed by atoms with Crippen molar-refractivity contribution in [2.45, 2.75) is 33.1 Å². The Hall–Kier alpha value is -2.41. The summed E-state index contributed by atoms with van der Waals surface area (Å²) in [4.78, 5) is 18.5. The lowest BCUT2D eigenvalue weighted by atomic mass is 10.2. The van der Waals surface area contributed by atoms with Crippen LogP contribution in [0.2, 0.25) is 0 Å². The van der Waals surface area contributed by atoms with Crippen molar-refractivity contribution in [2.75, 3.05) is 5.32 Å². The molecule has 126 valence electrons. The second-order valence-electron chi connectivity index (χ2n) is 5.54. The Morgan fingerprint density at radius 1 is 1.29 bits per heavy atom. The highest BCUT2D eigenvalue weighted by Gasteiger charge is 2.19. The summed E-state index contributed by atoms with van der Waals surface area (Å²) in [5.74, 6) is 0.546. The van der Waals surface area contributed by atoms with Crippen LogP contribution in [0.4, 0.5) is 5.13 Å². The SMILES string of the molecule is CCCc1nc(NC(=O)c2cnn(C)c2-n2cccc2)sc1CC. The van der Waals surface area contributed by atoms with E-state index < -0.39 is 0 Å². The van der Waals surface area contributed by atoms with Crippen molar-refractivity contribution in [3.63, 3.8) is 0 Å². The molecule has 0 bridgehead atoms. The third-order valence-corrected chi connectivity index (χ3v) is 4.97. The summed E-state index contributed by atoms with van der Waals surface area (Å²) in [6, 6.07) is 3.83. The summed E-state index contributed by atoms with van der Waals surface area (Å²) in [6.45, 7) is 4.25. The van der Waals surface area contributed by atoms with Crippen LogP contribution in [0.5, 0.6) is 0 Å². The molecule has 0 spiro atoms. The van der Waals surface area contributed by atoms with E-state index in [1.54, 1.807) is 22.2 Å². The minimum atomic E-state index is -0.189. The molecule has 7 heteroatoms. The summed E-state index contributed by atoms with van der Waals surface area (Å²) in [7, 11) is 1.82. The zero-order chi connectivity index (χ0) is 17.1. The van der Waals surface area contributed by atoms with E-state index in [4.69, 9.17) is 0 Å². The van der Waals surface area contributed by atoms with Crippen LogP contribution in [0.25, 0.3) is 5.82 Å². The largest absolute Gasteiger partial charge is 0.308 e. The molecule has 3 aromatic rings. The lowest BCUT2D eigenvalue weighted by Gasteiger charge is -2.07. The summed E-state index contributed by atoms with van der Waals surface area (Å²) in [6.07, 6.45) is 8.30. The topological polar surface area (TPSA) is 64.7 Å². The maximum Gasteiger partial charge on any atom is 0.262 e. The molecule has 6 nitrogen and oxygen atoms in total. The zero-order valence-electron chi connectivity index (χ0n) is 14.1. The van der Waals surface area contributed by atoms with E-state index in [-0.39, 0.29) is 5.91 Å². The monoisotopic (exact) mass is 343 g/mol. The second-order valence-corrected chi connectivity index (χ2v) is 6.63. The number of carbonyl (C=O) groups excluding carboxylic acids is 1. The Bertz CT molecular complexity index is 831. The average molecular weight is 343 g/mol. The third-order valence-electron chi connectivity index (χ3n) is 3.81. The summed E-state index contributed by atoms with van der Waals surface area (Å²) in [5.41, 5.74) is 1.62. The molecule has 0 aliphatic rings. The summed E-state index contributed by atoms with van der Waals surface area (Å²) in [5, 5.41) is 7.81. The van der Waals surface area contributed by atoms with Gasteiger partial charge in [0.1, 0.15) is 11.4 Å². The smallest absolute Gasteiger partial charge is 0.262 e. The van der Waals surface area contributed by atoms with Gasteiger partial charge in [-0.3, -0.25) is 14.8 Å². The van der Waals surface area contributed by atoms with Crippen LogP contribution in [0.15, 0.2) is 30.7 Å². The number of nitrogens with zero attached hydrogens (tertiary/aromatic N) is 4. The molecule has 0 fully saturated rings. The van der Waals surface area contributed by atoms with Crippen LogP contribution < -0.4 is 5.32 Å². The van der Waals surface area contributed by atoms with Gasteiger partial charge in [-0.2, -0.15) is 5.10 Å². The molecule has 0 aliphatic heterocycles. The molecule has 0 atom stereocenters. The van der Waals surface area contributed by atoms with Gasteiger partial charge in [0.05, 0.1) is 11.9 Å². The van der Waals surface area contributed by atoms with E-state index in [1.165, 1.54) is 4.88 Å². The number of aryl methyl sites for hydroxylation is 3. The molecule has 3 aromatic heterocycles. The predicted molar refractivity (Wildman–Crippen MR) is 96.0 cm³/mol. The summed E-state index contributed by atoms with van der Waals surface area (Å²) >= 11 is 1.56. The molecule has 0 unspecified atom stereocenters. The number of hydrogen-bond acceptors (Lipinski definition) is 4. The Balaban J connectivity index is 1.86. The molecule has 1 N–H and O–H groups in total. The zero-order valence-corrected chi connectivity index (χ0v) is 14.9. The van der Waals surface area contributed by atoms with Crippen LogP contribution >= 0.6 is 11.3 Å². The molecule has 0 aliphatic carbocycles. The highest BCUT2D eigenvalue weighted by atomic mass is 32.1. The van der Waals surface area contributed by atoms with Crippen LogP contribution in [0.1, 0.15) is 41.2 Å². The quantitative estimate of drug-likeness (QED) is 0.746. The van der Waals surface area contributed by atoms with Crippen LogP contribution in [0.3, 0.4) is 0 Å². The van der Waals surface area contributed by atoms with E-state index in [2.05, 4.69) is 29.2 Å². The van der Waals surface area contributed by atoms with E-state index in [1.807, 2.05) is 36.1 Å². The number of carbonyl (C=O) groups is 1. The maximum absolute atomic E-state index is 12.7. The molecule has 1 amide bonds. The van der Waals surface area contributed by atoms with Crippen molar-refractivity contribution >= 4 is 22.4 Å². The van der Waals surface area contributed by atoms with Crippen molar-refractivity contribution in [1.82, 2.24) is 19.3 Å². The average Bonchev–Trinajstić information content (AvgIpc) is 3.27. The molecule has 0 saturated carbocycles. The number of amides is 1. The fraction of sp³-hybridized carbons (Fsp3) is 0.353. The first-order chi connectivity index (χ1) is 11.6. The van der Waals surface area contributed by atoms with Crippen molar-refractivity contribution < 1.29 is 4.79 Å². The first kappa shape index (κ1) is 16.4. The van der Waals surface area contributed by atoms with Crippen molar-refractivity contribution in [3.05, 3.63) is 46.9 Å². The van der Waals surface area contributed by atoms with Gasteiger partial charge in [0.2, 0.25) is 0 Å². The fourth-order valence-corrected chi connectivity index (χ4v) is 3.63. The van der Waals surface area contributed by atoms with Gasteiger partial charge in [0, 0.05) is 24.3 Å². The lowest BCUT2D eigenvalue weighted by Crippen LogP contribution is -2.14. The first-order valence-corrected chi connectivity index (χ1v) is 8.91. The Morgan fingerprint density at radius 3 is 2.71 bits per heavy atom. The third kappa shape index (κ3) is 3.12. The molecular formula is C17H21N5OS. The number of aromatic nitrogens is 4. The van der Waals surface area contributed by atoms with Crippen molar-refractivity contribution in [3.8, 4) is 5.82 Å². The fourth-order valence-electron chi connectivity index (χ4n) is 2.68. The molecular weight excluding hydrogens is 322 g/mol. The maximum atomic E-state index is 12.7. The predicted octanol–water partition coefficient (Wildman–Crippen LogP) is 3.43. The van der Waals surface area contributed by atoms with Crippen molar-refractivity contribution in [1.29, 1.82) is 0 Å². The standard InChI is InChI=1S/C17H21N5OS/c1-4-8-13-14(5-2)24-17(19-13)20-15(23)12-11-18-21(3)16(12)22-9-6-7-10-22/h6-7,9-11H,4-5,8H2,1-3H3,(H,19,20,23). The van der Waals surface area contributed by atoms with Gasteiger partial charge < -0.3 is 4.57 Å². The molecule has 0 radical (unpaired) electrons. The molecule has 0 saturated heterocycles. The molecule has 24 heavy (non-hydrogen) atoms. The lowest BCUT2D eigenvalue weighted by molar-refractivity contribution is 0.102. The Labute approximate surface area is 145 Å². The van der Waals surface area contributed by atoms with Gasteiger partial charge in [-0.1, -0.05) is 20.3 Å². The van der Waals surface area contributed by atoms with E-state index in [0.717, 1.165) is 30.8 Å². The van der Waals surface area contributed by atoms with Gasteiger partial charge in [0.25, 0.3) is 5.91 Å². The van der Waals surface area contributed by atoms with Crippen LogP contribution in [0, 0.1) is 0 Å². The van der Waals surface area contributed by atoms with E-state index in [9.17, 15) is 4.79 Å². The minimum absolute atomic E-state index is 0.189.